The highest BCUT2D eigenvalue weighted by Gasteiger charge is 2.06. The zero-order chi connectivity index (χ0) is 15.4. The van der Waals surface area contributed by atoms with Crippen LogP contribution in [0.25, 0.3) is 10.9 Å². The van der Waals surface area contributed by atoms with Crippen LogP contribution in [0.5, 0.6) is 0 Å². The summed E-state index contributed by atoms with van der Waals surface area (Å²) in [5.74, 6) is -0.00492. The van der Waals surface area contributed by atoms with Crippen LogP contribution < -0.4 is 5.32 Å². The van der Waals surface area contributed by atoms with E-state index in [4.69, 9.17) is 0 Å². The van der Waals surface area contributed by atoms with E-state index in [0.29, 0.717) is 12.1 Å². The van der Waals surface area contributed by atoms with Gasteiger partial charge in [0.05, 0.1) is 0 Å². The molecule has 0 bridgehead atoms. The number of carbonyl (C=O) groups is 1. The number of amides is 1. The zero-order valence-electron chi connectivity index (χ0n) is 12.8. The van der Waals surface area contributed by atoms with Gasteiger partial charge in [-0.3, -0.25) is 4.79 Å². The highest BCUT2D eigenvalue weighted by Crippen LogP contribution is 2.19. The summed E-state index contributed by atoms with van der Waals surface area (Å²) in [4.78, 5) is 12.0. The lowest BCUT2D eigenvalue weighted by Crippen LogP contribution is -2.25. The molecule has 1 N–H and O–H groups in total. The molecule has 0 saturated carbocycles. The van der Waals surface area contributed by atoms with Crippen LogP contribution in [-0.2, 0) is 6.54 Å². The Morgan fingerprint density at radius 1 is 1.05 bits per heavy atom. The smallest absolute Gasteiger partial charge is 0.251 e. The fraction of sp³-hybridized carbons (Fsp3) is 0.211. The average molecular weight is 292 g/mol. The van der Waals surface area contributed by atoms with Gasteiger partial charge < -0.3 is 9.88 Å². The van der Waals surface area contributed by atoms with Crippen molar-refractivity contribution < 1.29 is 4.79 Å². The van der Waals surface area contributed by atoms with Crippen molar-refractivity contribution in [3.05, 3.63) is 71.9 Å². The molecular formula is C19H20N2O. The Balaban J connectivity index is 1.57. The number of para-hydroxylation sites is 1. The van der Waals surface area contributed by atoms with E-state index in [1.54, 1.807) is 0 Å². The number of hydrogen-bond donors (Lipinski definition) is 1. The summed E-state index contributed by atoms with van der Waals surface area (Å²) < 4.78 is 2.31. The normalized spacial score (nSPS) is 10.8. The molecule has 1 heterocycles. The molecule has 0 radical (unpaired) electrons. The Labute approximate surface area is 130 Å². The van der Waals surface area contributed by atoms with Gasteiger partial charge in [-0.25, -0.2) is 0 Å². The summed E-state index contributed by atoms with van der Waals surface area (Å²) in [5, 5.41) is 4.25. The molecular weight excluding hydrogens is 272 g/mol. The predicted molar refractivity (Wildman–Crippen MR) is 90.1 cm³/mol. The molecule has 3 rings (SSSR count). The Bertz CT molecular complexity index is 774. The highest BCUT2D eigenvalue weighted by molar-refractivity contribution is 5.94. The minimum Gasteiger partial charge on any atom is -0.352 e. The van der Waals surface area contributed by atoms with Crippen LogP contribution in [0.1, 0.15) is 22.5 Å². The topological polar surface area (TPSA) is 34.0 Å². The van der Waals surface area contributed by atoms with Gasteiger partial charge in [-0.15, -0.1) is 0 Å². The summed E-state index contributed by atoms with van der Waals surface area (Å²) in [6.45, 7) is 3.72. The standard InChI is InChI=1S/C19H20N2O/c1-15-14-17-10-5-6-11-18(17)21(15)13-7-12-20-19(22)16-8-3-2-4-9-16/h2-6,8-11,14H,7,12-13H2,1H3,(H,20,22). The first-order chi connectivity index (χ1) is 10.8. The lowest BCUT2D eigenvalue weighted by Gasteiger charge is -2.09. The van der Waals surface area contributed by atoms with Gasteiger partial charge in [-0.1, -0.05) is 36.4 Å². The first-order valence-electron chi connectivity index (χ1n) is 7.64. The van der Waals surface area contributed by atoms with Gasteiger partial charge in [0, 0.05) is 29.9 Å². The fourth-order valence-electron chi connectivity index (χ4n) is 2.78. The molecule has 0 fully saturated rings. The minimum absolute atomic E-state index is 0.00492. The fourth-order valence-corrected chi connectivity index (χ4v) is 2.78. The first kappa shape index (κ1) is 14.4. The molecule has 0 aliphatic carbocycles. The van der Waals surface area contributed by atoms with Gasteiger partial charge >= 0.3 is 0 Å². The Hall–Kier alpha value is -2.55. The maximum atomic E-state index is 12.0. The second kappa shape index (κ2) is 6.48. The number of hydrogen-bond acceptors (Lipinski definition) is 1. The van der Waals surface area contributed by atoms with Gasteiger partial charge in [0.15, 0.2) is 0 Å². The quantitative estimate of drug-likeness (QED) is 0.714. The molecule has 1 aromatic heterocycles. The number of nitrogens with zero attached hydrogens (tertiary/aromatic N) is 1. The van der Waals surface area contributed by atoms with E-state index in [0.717, 1.165) is 13.0 Å². The van der Waals surface area contributed by atoms with Crippen molar-refractivity contribution in [2.75, 3.05) is 6.54 Å². The second-order valence-electron chi connectivity index (χ2n) is 5.47. The largest absolute Gasteiger partial charge is 0.352 e. The molecule has 1 amide bonds. The van der Waals surface area contributed by atoms with Gasteiger partial charge in [0.1, 0.15) is 0 Å². The van der Waals surface area contributed by atoms with Crippen molar-refractivity contribution in [3.63, 3.8) is 0 Å². The molecule has 0 saturated heterocycles. The van der Waals surface area contributed by atoms with E-state index in [9.17, 15) is 4.79 Å². The number of rotatable bonds is 5. The maximum absolute atomic E-state index is 12.0. The minimum atomic E-state index is -0.00492. The predicted octanol–water partition coefficient (Wildman–Crippen LogP) is 3.77. The third-order valence-corrected chi connectivity index (χ3v) is 3.90. The summed E-state index contributed by atoms with van der Waals surface area (Å²) >= 11 is 0. The van der Waals surface area contributed by atoms with Crippen molar-refractivity contribution in [2.45, 2.75) is 19.9 Å². The average Bonchev–Trinajstić information content (AvgIpc) is 2.88. The van der Waals surface area contributed by atoms with Crippen LogP contribution in [0, 0.1) is 6.92 Å². The lowest BCUT2D eigenvalue weighted by molar-refractivity contribution is 0.0953. The van der Waals surface area contributed by atoms with Crippen molar-refractivity contribution in [2.24, 2.45) is 0 Å². The molecule has 2 aromatic carbocycles. The summed E-state index contributed by atoms with van der Waals surface area (Å²) in [6.07, 6.45) is 0.915. The molecule has 3 nitrogen and oxygen atoms in total. The Kier molecular flexibility index (Phi) is 4.24. The molecule has 0 aliphatic rings. The number of aryl methyl sites for hydroxylation is 2. The Morgan fingerprint density at radius 2 is 1.77 bits per heavy atom. The number of aromatic nitrogens is 1. The van der Waals surface area contributed by atoms with Crippen molar-refractivity contribution >= 4 is 16.8 Å². The maximum Gasteiger partial charge on any atom is 0.251 e. The molecule has 22 heavy (non-hydrogen) atoms. The third-order valence-electron chi connectivity index (χ3n) is 3.90. The number of benzene rings is 2. The number of fused-ring (bicyclic) bond motifs is 1. The molecule has 0 spiro atoms. The monoisotopic (exact) mass is 292 g/mol. The summed E-state index contributed by atoms with van der Waals surface area (Å²) in [7, 11) is 0. The van der Waals surface area contributed by atoms with Gasteiger partial charge in [-0.05, 0) is 43.0 Å². The van der Waals surface area contributed by atoms with Crippen molar-refractivity contribution in [3.8, 4) is 0 Å². The SMILES string of the molecule is Cc1cc2ccccc2n1CCCNC(=O)c1ccccc1. The summed E-state index contributed by atoms with van der Waals surface area (Å²) in [5.41, 5.74) is 3.23. The molecule has 0 atom stereocenters. The van der Waals surface area contributed by atoms with E-state index >= 15 is 0 Å². The summed E-state index contributed by atoms with van der Waals surface area (Å²) in [6, 6.07) is 19.9. The van der Waals surface area contributed by atoms with Crippen LogP contribution in [0.4, 0.5) is 0 Å². The highest BCUT2D eigenvalue weighted by atomic mass is 16.1. The van der Waals surface area contributed by atoms with Crippen LogP contribution in [0.2, 0.25) is 0 Å². The first-order valence-corrected chi connectivity index (χ1v) is 7.64. The van der Waals surface area contributed by atoms with Crippen LogP contribution in [-0.4, -0.2) is 17.0 Å². The van der Waals surface area contributed by atoms with E-state index in [1.165, 1.54) is 16.6 Å². The van der Waals surface area contributed by atoms with E-state index in [1.807, 2.05) is 30.3 Å². The van der Waals surface area contributed by atoms with Crippen molar-refractivity contribution in [1.29, 1.82) is 0 Å². The Morgan fingerprint density at radius 3 is 2.59 bits per heavy atom. The number of nitrogens with one attached hydrogen (secondary N) is 1. The third kappa shape index (κ3) is 3.03. The molecule has 112 valence electrons. The second-order valence-corrected chi connectivity index (χ2v) is 5.47. The van der Waals surface area contributed by atoms with E-state index < -0.39 is 0 Å². The van der Waals surface area contributed by atoms with Gasteiger partial charge in [0.25, 0.3) is 5.91 Å². The number of carbonyl (C=O) groups excluding carboxylic acids is 1. The van der Waals surface area contributed by atoms with Crippen LogP contribution >= 0.6 is 0 Å². The van der Waals surface area contributed by atoms with Gasteiger partial charge in [-0.2, -0.15) is 0 Å². The van der Waals surface area contributed by atoms with Crippen molar-refractivity contribution in [1.82, 2.24) is 9.88 Å². The molecule has 0 unspecified atom stereocenters. The molecule has 0 aliphatic heterocycles. The van der Waals surface area contributed by atoms with Gasteiger partial charge in [0.2, 0.25) is 0 Å². The van der Waals surface area contributed by atoms with Crippen LogP contribution in [0.3, 0.4) is 0 Å². The molecule has 3 heteroatoms. The van der Waals surface area contributed by atoms with E-state index in [2.05, 4.69) is 47.1 Å². The van der Waals surface area contributed by atoms with Crippen LogP contribution in [0.15, 0.2) is 60.7 Å². The lowest BCUT2D eigenvalue weighted by atomic mass is 10.2. The van der Waals surface area contributed by atoms with E-state index in [-0.39, 0.29) is 5.91 Å². The zero-order valence-corrected chi connectivity index (χ0v) is 12.8. The molecule has 3 aromatic rings.